The van der Waals surface area contributed by atoms with E-state index in [4.69, 9.17) is 19.3 Å². The van der Waals surface area contributed by atoms with E-state index in [0.29, 0.717) is 46.7 Å². The molecule has 2 aliphatic heterocycles. The second kappa shape index (κ2) is 8.92. The fraction of sp³-hybridized carbons (Fsp3) is 0.480. The van der Waals surface area contributed by atoms with Crippen molar-refractivity contribution in [3.05, 3.63) is 50.4 Å². The van der Waals surface area contributed by atoms with Gasteiger partial charge in [0.25, 0.3) is 17.3 Å². The van der Waals surface area contributed by atoms with Gasteiger partial charge in [-0.25, -0.2) is 4.79 Å². The van der Waals surface area contributed by atoms with E-state index >= 15 is 0 Å². The number of benzene rings is 1. The molecule has 10 nitrogen and oxygen atoms in total. The van der Waals surface area contributed by atoms with E-state index in [-0.39, 0.29) is 24.1 Å². The summed E-state index contributed by atoms with van der Waals surface area (Å²) < 4.78 is 18.4. The molecule has 3 atom stereocenters. The molecule has 10 heteroatoms. The third-order valence-electron chi connectivity index (χ3n) is 6.67. The van der Waals surface area contributed by atoms with Crippen LogP contribution in [0, 0.1) is 27.7 Å². The first-order chi connectivity index (χ1) is 16.4. The minimum Gasteiger partial charge on any atom is -0.465 e. The first-order valence-corrected chi connectivity index (χ1v) is 11.5. The zero-order valence-corrected chi connectivity index (χ0v) is 20.8. The Labute approximate surface area is 203 Å². The molecule has 3 heterocycles. The number of H-pyrrole nitrogens is 1. The van der Waals surface area contributed by atoms with E-state index < -0.39 is 18.0 Å². The molecule has 3 N–H and O–H groups in total. The summed E-state index contributed by atoms with van der Waals surface area (Å²) in [6.45, 7) is 9.21. The number of rotatable bonds is 4. The Morgan fingerprint density at radius 1 is 1.11 bits per heavy atom. The molecule has 1 aromatic heterocycles. The first kappa shape index (κ1) is 24.6. The number of hydrogen-bond acceptors (Lipinski definition) is 6. The van der Waals surface area contributed by atoms with Crippen LogP contribution in [0.25, 0.3) is 0 Å². The monoisotopic (exact) mass is 485 g/mol. The Balaban J connectivity index is 1.59. The fourth-order valence-electron chi connectivity index (χ4n) is 4.89. The number of anilines is 1. The largest absolute Gasteiger partial charge is 0.465 e. The Morgan fingerprint density at radius 3 is 2.40 bits per heavy atom. The fourth-order valence-corrected chi connectivity index (χ4v) is 4.89. The molecule has 1 saturated heterocycles. The number of hydrogen-bond donors (Lipinski definition) is 3. The topological polar surface area (TPSA) is 130 Å². The Hall–Kier alpha value is -3.53. The molecular formula is C25H31N3O7. The van der Waals surface area contributed by atoms with E-state index in [1.54, 1.807) is 40.8 Å². The minimum atomic E-state index is -1.12. The zero-order chi connectivity index (χ0) is 25.7. The summed E-state index contributed by atoms with van der Waals surface area (Å²) in [6, 6.07) is 3.28. The number of aromatic amines is 1. The Bertz CT molecular complexity index is 1250. The summed E-state index contributed by atoms with van der Waals surface area (Å²) in [4.78, 5) is 41.1. The summed E-state index contributed by atoms with van der Waals surface area (Å²) in [6.07, 6.45) is -0.374. The van der Waals surface area contributed by atoms with Crippen LogP contribution < -0.4 is 25.2 Å². The number of aryl methyl sites for hydroxylation is 3. The van der Waals surface area contributed by atoms with Crippen LogP contribution in [0.1, 0.15) is 52.5 Å². The van der Waals surface area contributed by atoms with Crippen molar-refractivity contribution >= 4 is 17.7 Å². The highest BCUT2D eigenvalue weighted by molar-refractivity contribution is 6.07. The maximum absolute atomic E-state index is 13.5. The summed E-state index contributed by atoms with van der Waals surface area (Å²) in [7, 11) is 1.58. The van der Waals surface area contributed by atoms with E-state index in [9.17, 15) is 14.4 Å². The van der Waals surface area contributed by atoms with Crippen LogP contribution in [0.2, 0.25) is 0 Å². The first-order valence-electron chi connectivity index (χ1n) is 11.5. The van der Waals surface area contributed by atoms with Crippen molar-refractivity contribution in [2.45, 2.75) is 65.4 Å². The number of fused-ring (bicyclic) bond motifs is 1. The van der Waals surface area contributed by atoms with Crippen molar-refractivity contribution in [2.24, 2.45) is 0 Å². The van der Waals surface area contributed by atoms with Crippen LogP contribution in [0.5, 0.6) is 11.5 Å². The molecule has 0 bridgehead atoms. The van der Waals surface area contributed by atoms with Crippen LogP contribution in [0.4, 0.5) is 10.5 Å². The van der Waals surface area contributed by atoms with E-state index in [2.05, 4.69) is 10.3 Å². The molecule has 0 radical (unpaired) electrons. The molecule has 2 amide bonds. The predicted molar refractivity (Wildman–Crippen MR) is 129 cm³/mol. The molecule has 35 heavy (non-hydrogen) atoms. The molecule has 0 saturated carbocycles. The van der Waals surface area contributed by atoms with Gasteiger partial charge in [0.15, 0.2) is 11.5 Å². The van der Waals surface area contributed by atoms with Crippen LogP contribution in [0.3, 0.4) is 0 Å². The van der Waals surface area contributed by atoms with E-state index in [0.717, 1.165) is 11.3 Å². The lowest BCUT2D eigenvalue weighted by Gasteiger charge is -2.37. The third-order valence-corrected chi connectivity index (χ3v) is 6.67. The van der Waals surface area contributed by atoms with Crippen molar-refractivity contribution in [1.29, 1.82) is 0 Å². The van der Waals surface area contributed by atoms with Crippen molar-refractivity contribution in [2.75, 3.05) is 18.6 Å². The highest BCUT2D eigenvalue weighted by atomic mass is 16.8. The maximum atomic E-state index is 13.5. The van der Waals surface area contributed by atoms with Gasteiger partial charge in [-0.2, -0.15) is 0 Å². The molecule has 1 aromatic carbocycles. The van der Waals surface area contributed by atoms with Crippen molar-refractivity contribution in [3.63, 3.8) is 0 Å². The third kappa shape index (κ3) is 4.45. The van der Waals surface area contributed by atoms with Gasteiger partial charge in [0.2, 0.25) is 0 Å². The van der Waals surface area contributed by atoms with Gasteiger partial charge in [0.1, 0.15) is 11.8 Å². The number of ether oxygens (including phenoxy) is 3. The quantitative estimate of drug-likeness (QED) is 0.606. The number of carbonyl (C=O) groups is 2. The zero-order valence-electron chi connectivity index (χ0n) is 20.8. The molecule has 188 valence electrons. The lowest BCUT2D eigenvalue weighted by atomic mass is 9.99. The standard InChI is InChI=1S/C25H31N3O7/c1-12-9-14(3)26-22(29)19(12)28(6)23(30)17-10-13(2)20-21(15(17)4)35-25(5,34-20)18-8-7-16(11-33-18)27-24(31)32/h9-10,16,18,27H,7-8,11H2,1-6H3,(H,26,29)(H,31,32)/t16-,18+,25?/m1/s1. The molecule has 0 aliphatic carbocycles. The average Bonchev–Trinajstić information content (AvgIpc) is 3.15. The second-order valence-corrected chi connectivity index (χ2v) is 9.47. The molecule has 1 fully saturated rings. The summed E-state index contributed by atoms with van der Waals surface area (Å²) >= 11 is 0. The lowest BCUT2D eigenvalue weighted by Crippen LogP contribution is -2.53. The number of carbonyl (C=O) groups excluding carboxylic acids is 1. The smallest absolute Gasteiger partial charge is 0.404 e. The predicted octanol–water partition coefficient (Wildman–Crippen LogP) is 3.19. The van der Waals surface area contributed by atoms with Gasteiger partial charge in [0, 0.05) is 30.8 Å². The van der Waals surface area contributed by atoms with Crippen LogP contribution in [0.15, 0.2) is 16.9 Å². The number of nitrogens with one attached hydrogen (secondary N) is 2. The van der Waals surface area contributed by atoms with Gasteiger partial charge >= 0.3 is 6.09 Å². The summed E-state index contributed by atoms with van der Waals surface area (Å²) in [5.74, 6) is -0.444. The number of aromatic nitrogens is 1. The van der Waals surface area contributed by atoms with Gasteiger partial charge in [-0.05, 0) is 63.8 Å². The molecule has 2 aliphatic rings. The van der Waals surface area contributed by atoms with Gasteiger partial charge in [-0.3, -0.25) is 9.59 Å². The van der Waals surface area contributed by atoms with Crippen LogP contribution in [-0.4, -0.2) is 53.7 Å². The molecular weight excluding hydrogens is 454 g/mol. The molecule has 0 spiro atoms. The van der Waals surface area contributed by atoms with Gasteiger partial charge in [-0.15, -0.1) is 0 Å². The van der Waals surface area contributed by atoms with Crippen molar-refractivity contribution in [3.8, 4) is 11.5 Å². The highest BCUT2D eigenvalue weighted by Crippen LogP contribution is 2.48. The van der Waals surface area contributed by atoms with Crippen molar-refractivity contribution < 1.29 is 28.9 Å². The van der Waals surface area contributed by atoms with Crippen molar-refractivity contribution in [1.82, 2.24) is 10.3 Å². The van der Waals surface area contributed by atoms with E-state index in [1.165, 1.54) is 4.90 Å². The van der Waals surface area contributed by atoms with Crippen LogP contribution in [-0.2, 0) is 4.74 Å². The van der Waals surface area contributed by atoms with Gasteiger partial charge < -0.3 is 34.5 Å². The molecule has 2 aromatic rings. The number of nitrogens with zero attached hydrogens (tertiary/aromatic N) is 1. The average molecular weight is 486 g/mol. The summed E-state index contributed by atoms with van der Waals surface area (Å²) in [5.41, 5.74) is 3.13. The van der Waals surface area contributed by atoms with E-state index in [1.807, 2.05) is 13.0 Å². The lowest BCUT2D eigenvalue weighted by molar-refractivity contribution is -0.185. The van der Waals surface area contributed by atoms with Gasteiger partial charge in [0.05, 0.1) is 12.6 Å². The number of pyridine rings is 1. The normalized spacial score (nSPS) is 23.1. The van der Waals surface area contributed by atoms with Crippen LogP contribution >= 0.6 is 0 Å². The molecule has 1 unspecified atom stereocenters. The Morgan fingerprint density at radius 2 is 1.80 bits per heavy atom. The SMILES string of the molecule is Cc1cc(C)c(N(C)C(=O)c2cc(C)c3c(c2C)OC(C)([C@@H]2CC[C@@H](NC(=O)O)CO2)O3)c(=O)[nH]1. The summed E-state index contributed by atoms with van der Waals surface area (Å²) in [5, 5.41) is 11.4. The number of carboxylic acid groups (broad SMARTS) is 1. The highest BCUT2D eigenvalue weighted by Gasteiger charge is 2.48. The Kier molecular flexibility index (Phi) is 6.27. The maximum Gasteiger partial charge on any atom is 0.404 e. The minimum absolute atomic E-state index is 0.215. The van der Waals surface area contributed by atoms with Gasteiger partial charge in [-0.1, -0.05) is 0 Å². The second-order valence-electron chi connectivity index (χ2n) is 9.47. The molecule has 4 rings (SSSR count). The number of amides is 2.